The van der Waals surface area contributed by atoms with Crippen molar-refractivity contribution in [2.24, 2.45) is 5.73 Å². The van der Waals surface area contributed by atoms with Crippen molar-refractivity contribution in [1.82, 2.24) is 4.90 Å². The fourth-order valence-corrected chi connectivity index (χ4v) is 3.62. The van der Waals surface area contributed by atoms with Crippen molar-refractivity contribution in [3.05, 3.63) is 21.9 Å². The molecule has 0 radical (unpaired) electrons. The predicted molar refractivity (Wildman–Crippen MR) is 77.3 cm³/mol. The molecule has 0 aromatic carbocycles. The maximum absolute atomic E-state index is 11.3. The summed E-state index contributed by atoms with van der Waals surface area (Å²) in [4.78, 5) is 14.4. The van der Waals surface area contributed by atoms with Gasteiger partial charge < -0.3 is 10.5 Å². The van der Waals surface area contributed by atoms with Crippen molar-refractivity contribution in [2.75, 3.05) is 13.1 Å². The molecule has 2 rings (SSSR count). The summed E-state index contributed by atoms with van der Waals surface area (Å²) >= 11 is 1.44. The summed E-state index contributed by atoms with van der Waals surface area (Å²) in [5.74, 6) is 0. The van der Waals surface area contributed by atoms with Gasteiger partial charge >= 0.3 is 6.09 Å². The summed E-state index contributed by atoms with van der Waals surface area (Å²) in [6.07, 6.45) is -0.138. The molecule has 2 heterocycles. The van der Waals surface area contributed by atoms with Gasteiger partial charge in [0.1, 0.15) is 6.07 Å². The van der Waals surface area contributed by atoms with Crippen LogP contribution in [0.3, 0.4) is 0 Å². The number of hydrogen-bond acceptors (Lipinski definition) is 5. The average molecular weight is 293 g/mol. The molecule has 1 fully saturated rings. The van der Waals surface area contributed by atoms with E-state index in [9.17, 15) is 10.1 Å². The molecule has 0 bridgehead atoms. The summed E-state index contributed by atoms with van der Waals surface area (Å²) < 4.78 is 5.47. The zero-order valence-electron chi connectivity index (χ0n) is 12.0. The Morgan fingerprint density at radius 1 is 1.60 bits per heavy atom. The van der Waals surface area contributed by atoms with Gasteiger partial charge in [-0.1, -0.05) is 0 Å². The number of rotatable bonds is 2. The van der Waals surface area contributed by atoms with Crippen LogP contribution in [0.5, 0.6) is 0 Å². The molecule has 6 heteroatoms. The maximum atomic E-state index is 11.3. The molecule has 0 aliphatic carbocycles. The second-order valence-electron chi connectivity index (χ2n) is 6.03. The monoisotopic (exact) mass is 293 g/mol. The normalized spacial score (nSPS) is 23.5. The molecular weight excluding hydrogens is 274 g/mol. The molecule has 0 saturated carbocycles. The van der Waals surface area contributed by atoms with Crippen LogP contribution in [-0.2, 0) is 10.3 Å². The largest absolute Gasteiger partial charge is 0.436 e. The van der Waals surface area contributed by atoms with Gasteiger partial charge in [-0.2, -0.15) is 5.26 Å². The molecule has 108 valence electrons. The lowest BCUT2D eigenvalue weighted by atomic mass is 9.97. The standard InChI is InChI=1S/C14H19N3O2S/c1-13(2,3)17-6-5-14(9-17,19-12(16)18)11-10(8-15)4-7-20-11/h4,7H,5-6,9H2,1-3H3,(H2,16,18)/t14-/m0/s1. The van der Waals surface area contributed by atoms with E-state index in [1.807, 2.05) is 5.38 Å². The van der Waals surface area contributed by atoms with Gasteiger partial charge in [-0.25, -0.2) is 4.79 Å². The van der Waals surface area contributed by atoms with E-state index in [4.69, 9.17) is 10.5 Å². The van der Waals surface area contributed by atoms with Crippen molar-refractivity contribution < 1.29 is 9.53 Å². The lowest BCUT2D eigenvalue weighted by Crippen LogP contribution is -2.44. The van der Waals surface area contributed by atoms with Gasteiger partial charge in [-0.15, -0.1) is 11.3 Å². The molecular formula is C14H19N3O2S. The van der Waals surface area contributed by atoms with Crippen LogP contribution in [-0.4, -0.2) is 29.6 Å². The zero-order valence-corrected chi connectivity index (χ0v) is 12.8. The van der Waals surface area contributed by atoms with E-state index in [0.717, 1.165) is 11.4 Å². The highest BCUT2D eigenvalue weighted by Crippen LogP contribution is 2.42. The van der Waals surface area contributed by atoms with Crippen LogP contribution in [0.15, 0.2) is 11.4 Å². The highest BCUT2D eigenvalue weighted by atomic mass is 32.1. The van der Waals surface area contributed by atoms with Crippen molar-refractivity contribution in [3.63, 3.8) is 0 Å². The summed E-state index contributed by atoms with van der Waals surface area (Å²) in [6.45, 7) is 7.72. The Morgan fingerprint density at radius 2 is 2.30 bits per heavy atom. The van der Waals surface area contributed by atoms with E-state index in [2.05, 4.69) is 31.7 Å². The third-order valence-electron chi connectivity index (χ3n) is 3.68. The molecule has 5 nitrogen and oxygen atoms in total. The summed E-state index contributed by atoms with van der Waals surface area (Å²) in [6, 6.07) is 3.92. The molecule has 1 aromatic heterocycles. The summed E-state index contributed by atoms with van der Waals surface area (Å²) in [7, 11) is 0. The predicted octanol–water partition coefficient (Wildman–Crippen LogP) is 2.41. The second kappa shape index (κ2) is 5.08. The zero-order chi connectivity index (χ0) is 15.0. The first-order chi connectivity index (χ1) is 9.28. The van der Waals surface area contributed by atoms with Crippen LogP contribution in [0.2, 0.25) is 0 Å². The number of likely N-dealkylation sites (tertiary alicyclic amines) is 1. The molecule has 20 heavy (non-hydrogen) atoms. The number of primary amides is 1. The summed E-state index contributed by atoms with van der Waals surface area (Å²) in [5.41, 5.74) is 5.00. The van der Waals surface area contributed by atoms with E-state index < -0.39 is 11.7 Å². The number of amides is 1. The van der Waals surface area contributed by atoms with Gasteiger partial charge in [0.05, 0.1) is 10.4 Å². The Morgan fingerprint density at radius 3 is 2.80 bits per heavy atom. The molecule has 1 amide bonds. The highest BCUT2D eigenvalue weighted by Gasteiger charge is 2.47. The quantitative estimate of drug-likeness (QED) is 0.908. The van der Waals surface area contributed by atoms with Crippen molar-refractivity contribution in [1.29, 1.82) is 5.26 Å². The van der Waals surface area contributed by atoms with E-state index in [-0.39, 0.29) is 5.54 Å². The third kappa shape index (κ3) is 2.65. The maximum Gasteiger partial charge on any atom is 0.405 e. The fourth-order valence-electron chi connectivity index (χ4n) is 2.61. The Kier molecular flexibility index (Phi) is 3.76. The molecule has 1 aromatic rings. The van der Waals surface area contributed by atoms with Crippen LogP contribution >= 0.6 is 11.3 Å². The van der Waals surface area contributed by atoms with E-state index in [0.29, 0.717) is 18.5 Å². The number of carbonyl (C=O) groups excluding carboxylic acids is 1. The number of nitrogens with zero attached hydrogens (tertiary/aromatic N) is 2. The molecule has 0 unspecified atom stereocenters. The highest BCUT2D eigenvalue weighted by molar-refractivity contribution is 7.10. The lowest BCUT2D eigenvalue weighted by Gasteiger charge is -2.34. The molecule has 1 aliphatic rings. The van der Waals surface area contributed by atoms with Crippen molar-refractivity contribution in [3.8, 4) is 6.07 Å². The van der Waals surface area contributed by atoms with Gasteiger partial charge in [0, 0.05) is 25.0 Å². The first kappa shape index (κ1) is 14.8. The number of carbonyl (C=O) groups is 1. The van der Waals surface area contributed by atoms with Gasteiger partial charge in [0.15, 0.2) is 5.60 Å². The van der Waals surface area contributed by atoms with Crippen LogP contribution in [0, 0.1) is 11.3 Å². The fraction of sp³-hybridized carbons (Fsp3) is 0.571. The van der Waals surface area contributed by atoms with E-state index >= 15 is 0 Å². The third-order valence-corrected chi connectivity index (χ3v) is 4.78. The minimum Gasteiger partial charge on any atom is -0.436 e. The Bertz CT molecular complexity index is 556. The van der Waals surface area contributed by atoms with E-state index in [1.54, 1.807) is 6.07 Å². The Hall–Kier alpha value is -1.58. The first-order valence-corrected chi connectivity index (χ1v) is 7.38. The molecule has 1 aliphatic heterocycles. The van der Waals surface area contributed by atoms with Crippen LogP contribution in [0.25, 0.3) is 0 Å². The second-order valence-corrected chi connectivity index (χ2v) is 6.95. The van der Waals surface area contributed by atoms with Gasteiger partial charge in [0.25, 0.3) is 0 Å². The van der Waals surface area contributed by atoms with Crippen LogP contribution < -0.4 is 5.73 Å². The number of ether oxygens (including phenoxy) is 1. The smallest absolute Gasteiger partial charge is 0.405 e. The number of nitriles is 1. The Balaban J connectivity index is 2.39. The van der Waals surface area contributed by atoms with Crippen LogP contribution in [0.1, 0.15) is 37.6 Å². The van der Waals surface area contributed by atoms with Crippen LogP contribution in [0.4, 0.5) is 4.79 Å². The molecule has 2 N–H and O–H groups in total. The van der Waals surface area contributed by atoms with Gasteiger partial charge in [-0.05, 0) is 32.2 Å². The van der Waals surface area contributed by atoms with Gasteiger partial charge in [0.2, 0.25) is 0 Å². The number of nitrogens with two attached hydrogens (primary N) is 1. The minimum absolute atomic E-state index is 0.0210. The minimum atomic E-state index is -0.793. The Labute approximate surface area is 122 Å². The lowest BCUT2D eigenvalue weighted by molar-refractivity contribution is 0.0141. The van der Waals surface area contributed by atoms with Crippen molar-refractivity contribution >= 4 is 17.4 Å². The number of hydrogen-bond donors (Lipinski definition) is 1. The topological polar surface area (TPSA) is 79.3 Å². The molecule has 0 spiro atoms. The molecule has 1 atom stereocenters. The molecule has 1 saturated heterocycles. The van der Waals surface area contributed by atoms with Crippen molar-refractivity contribution in [2.45, 2.75) is 38.3 Å². The number of thiophene rings is 1. The summed E-state index contributed by atoms with van der Waals surface area (Å²) in [5, 5.41) is 11.1. The van der Waals surface area contributed by atoms with Gasteiger partial charge in [-0.3, -0.25) is 4.90 Å². The first-order valence-electron chi connectivity index (χ1n) is 6.50. The average Bonchev–Trinajstić information content (AvgIpc) is 2.93. The SMILES string of the molecule is CC(C)(C)N1CC[C@@](OC(N)=O)(c2sccc2C#N)C1. The van der Waals surface area contributed by atoms with E-state index in [1.165, 1.54) is 11.3 Å².